The second kappa shape index (κ2) is 9.37. The summed E-state index contributed by atoms with van der Waals surface area (Å²) in [6.07, 6.45) is 1.68. The Morgan fingerprint density at radius 1 is 1.17 bits per heavy atom. The molecular formula is C22H20BrClFN3O. The van der Waals surface area contributed by atoms with Gasteiger partial charge < -0.3 is 10.6 Å². The fourth-order valence-corrected chi connectivity index (χ4v) is 3.30. The Hall–Kier alpha value is -2.44. The highest BCUT2D eigenvalue weighted by atomic mass is 79.9. The molecule has 29 heavy (non-hydrogen) atoms. The topological polar surface area (TPSA) is 54.0 Å². The molecule has 0 radical (unpaired) electrons. The number of aromatic nitrogens is 1. The Balaban J connectivity index is 1.89. The summed E-state index contributed by atoms with van der Waals surface area (Å²) in [5.41, 5.74) is 2.88. The standard InChI is InChI=1S/C22H20BrClFN3O/c1-13(2)17-9-10-26-21(28-16-7-8-18(23)19(24)11-16)20(17)22(29)27-12-14-3-5-15(25)6-4-14/h3-11,13H,12H2,1-2H3,(H,26,28)(H,27,29). The molecule has 1 heterocycles. The van der Waals surface area contributed by atoms with Crippen LogP contribution in [0.1, 0.15) is 41.3 Å². The summed E-state index contributed by atoms with van der Waals surface area (Å²) in [5.74, 6) is 0.00994. The van der Waals surface area contributed by atoms with Gasteiger partial charge in [0.1, 0.15) is 11.6 Å². The zero-order chi connectivity index (χ0) is 21.0. The van der Waals surface area contributed by atoms with Gasteiger partial charge in [-0.2, -0.15) is 0 Å². The Kier molecular flexibility index (Phi) is 6.87. The lowest BCUT2D eigenvalue weighted by Gasteiger charge is -2.17. The van der Waals surface area contributed by atoms with Crippen molar-refractivity contribution in [2.45, 2.75) is 26.3 Å². The molecule has 1 amide bonds. The van der Waals surface area contributed by atoms with Gasteiger partial charge in [-0.3, -0.25) is 4.79 Å². The van der Waals surface area contributed by atoms with E-state index in [1.54, 1.807) is 24.4 Å². The molecule has 3 aromatic rings. The third-order valence-corrected chi connectivity index (χ3v) is 5.61. The van der Waals surface area contributed by atoms with Gasteiger partial charge in [0.15, 0.2) is 0 Å². The van der Waals surface area contributed by atoms with Gasteiger partial charge in [0, 0.05) is 22.9 Å². The van der Waals surface area contributed by atoms with Crippen molar-refractivity contribution >= 4 is 44.9 Å². The first-order chi connectivity index (χ1) is 13.8. The van der Waals surface area contributed by atoms with Crippen LogP contribution in [0.2, 0.25) is 5.02 Å². The number of hydrogen-bond donors (Lipinski definition) is 2. The summed E-state index contributed by atoms with van der Waals surface area (Å²) in [7, 11) is 0. The molecule has 0 fully saturated rings. The van der Waals surface area contributed by atoms with Gasteiger partial charge in [0.25, 0.3) is 5.91 Å². The highest BCUT2D eigenvalue weighted by molar-refractivity contribution is 9.10. The van der Waals surface area contributed by atoms with E-state index in [-0.39, 0.29) is 24.2 Å². The average Bonchev–Trinajstić information content (AvgIpc) is 2.70. The SMILES string of the molecule is CC(C)c1ccnc(Nc2ccc(Br)c(Cl)c2)c1C(=O)NCc1ccc(F)cc1. The highest BCUT2D eigenvalue weighted by Gasteiger charge is 2.20. The van der Waals surface area contributed by atoms with Crippen molar-refractivity contribution in [3.63, 3.8) is 0 Å². The second-order valence-corrected chi connectivity index (χ2v) is 8.10. The zero-order valence-corrected chi connectivity index (χ0v) is 18.3. The fourth-order valence-electron chi connectivity index (χ4n) is 2.87. The van der Waals surface area contributed by atoms with Crippen LogP contribution in [0.4, 0.5) is 15.9 Å². The number of nitrogens with one attached hydrogen (secondary N) is 2. The van der Waals surface area contributed by atoms with E-state index in [0.29, 0.717) is 16.4 Å². The Morgan fingerprint density at radius 2 is 1.90 bits per heavy atom. The number of rotatable bonds is 6. The number of amides is 1. The number of halogens is 3. The Labute approximate surface area is 182 Å². The van der Waals surface area contributed by atoms with Crippen molar-refractivity contribution in [3.8, 4) is 0 Å². The van der Waals surface area contributed by atoms with Crippen LogP contribution in [0, 0.1) is 5.82 Å². The number of nitrogens with zero attached hydrogens (tertiary/aromatic N) is 1. The predicted molar refractivity (Wildman–Crippen MR) is 118 cm³/mol. The van der Waals surface area contributed by atoms with E-state index < -0.39 is 0 Å². The quantitative estimate of drug-likeness (QED) is 0.431. The van der Waals surface area contributed by atoms with E-state index >= 15 is 0 Å². The third-order valence-electron chi connectivity index (χ3n) is 4.38. The van der Waals surface area contributed by atoms with Crippen molar-refractivity contribution < 1.29 is 9.18 Å². The molecule has 0 saturated heterocycles. The fraction of sp³-hybridized carbons (Fsp3) is 0.182. The molecule has 3 rings (SSSR count). The van der Waals surface area contributed by atoms with E-state index in [1.165, 1.54) is 12.1 Å². The van der Waals surface area contributed by atoms with Crippen molar-refractivity contribution in [1.82, 2.24) is 10.3 Å². The van der Waals surface area contributed by atoms with Crippen LogP contribution in [0.5, 0.6) is 0 Å². The lowest BCUT2D eigenvalue weighted by molar-refractivity contribution is 0.0950. The zero-order valence-electron chi connectivity index (χ0n) is 16.0. The largest absolute Gasteiger partial charge is 0.348 e. The first-order valence-electron chi connectivity index (χ1n) is 9.08. The molecule has 0 aliphatic heterocycles. The molecule has 0 saturated carbocycles. The second-order valence-electron chi connectivity index (χ2n) is 6.84. The number of hydrogen-bond acceptors (Lipinski definition) is 3. The normalized spacial score (nSPS) is 10.8. The van der Waals surface area contributed by atoms with Crippen LogP contribution in [0.3, 0.4) is 0 Å². The monoisotopic (exact) mass is 475 g/mol. The van der Waals surface area contributed by atoms with Crippen molar-refractivity contribution in [3.05, 3.63) is 86.7 Å². The summed E-state index contributed by atoms with van der Waals surface area (Å²) < 4.78 is 13.9. The van der Waals surface area contributed by atoms with Gasteiger partial charge in [-0.15, -0.1) is 0 Å². The minimum absolute atomic E-state index is 0.124. The van der Waals surface area contributed by atoms with E-state index in [0.717, 1.165) is 21.3 Å². The van der Waals surface area contributed by atoms with Crippen molar-refractivity contribution in [2.75, 3.05) is 5.32 Å². The van der Waals surface area contributed by atoms with Gasteiger partial charge in [0.05, 0.1) is 10.6 Å². The molecule has 0 spiro atoms. The van der Waals surface area contributed by atoms with Crippen LogP contribution in [0.15, 0.2) is 59.2 Å². The minimum Gasteiger partial charge on any atom is -0.348 e. The molecule has 0 bridgehead atoms. The number of anilines is 2. The summed E-state index contributed by atoms with van der Waals surface area (Å²) >= 11 is 9.55. The molecule has 4 nitrogen and oxygen atoms in total. The van der Waals surface area contributed by atoms with Crippen molar-refractivity contribution in [2.24, 2.45) is 0 Å². The minimum atomic E-state index is -0.311. The number of carbonyl (C=O) groups excluding carboxylic acids is 1. The van der Waals surface area contributed by atoms with Crippen LogP contribution in [0.25, 0.3) is 0 Å². The Bertz CT molecular complexity index is 1030. The van der Waals surface area contributed by atoms with E-state index in [1.807, 2.05) is 32.0 Å². The number of pyridine rings is 1. The summed E-state index contributed by atoms with van der Waals surface area (Å²) in [6.45, 7) is 4.33. The smallest absolute Gasteiger partial charge is 0.255 e. The summed E-state index contributed by atoms with van der Waals surface area (Å²) in [6, 6.07) is 13.3. The van der Waals surface area contributed by atoms with Gasteiger partial charge in [-0.25, -0.2) is 9.37 Å². The molecule has 0 aliphatic carbocycles. The first kappa shape index (κ1) is 21.3. The summed E-state index contributed by atoms with van der Waals surface area (Å²) in [5, 5.41) is 6.65. The number of benzene rings is 2. The van der Waals surface area contributed by atoms with E-state index in [9.17, 15) is 9.18 Å². The molecule has 2 N–H and O–H groups in total. The molecule has 0 aliphatic rings. The highest BCUT2D eigenvalue weighted by Crippen LogP contribution is 2.30. The maximum atomic E-state index is 13.1. The lowest BCUT2D eigenvalue weighted by atomic mass is 9.97. The third kappa shape index (κ3) is 5.34. The van der Waals surface area contributed by atoms with Gasteiger partial charge in [-0.05, 0) is 69.4 Å². The molecule has 0 unspecified atom stereocenters. The van der Waals surface area contributed by atoms with Crippen LogP contribution >= 0.6 is 27.5 Å². The maximum Gasteiger partial charge on any atom is 0.255 e. The van der Waals surface area contributed by atoms with Crippen LogP contribution in [-0.2, 0) is 6.54 Å². The number of carbonyl (C=O) groups is 1. The molecule has 1 aromatic heterocycles. The molecule has 150 valence electrons. The van der Waals surface area contributed by atoms with E-state index in [2.05, 4.69) is 31.5 Å². The van der Waals surface area contributed by atoms with Gasteiger partial charge in [0.2, 0.25) is 0 Å². The molecular weight excluding hydrogens is 457 g/mol. The average molecular weight is 477 g/mol. The summed E-state index contributed by atoms with van der Waals surface area (Å²) in [4.78, 5) is 17.4. The maximum absolute atomic E-state index is 13.1. The van der Waals surface area contributed by atoms with Gasteiger partial charge >= 0.3 is 0 Å². The van der Waals surface area contributed by atoms with Crippen molar-refractivity contribution in [1.29, 1.82) is 0 Å². The molecule has 0 atom stereocenters. The van der Waals surface area contributed by atoms with E-state index in [4.69, 9.17) is 11.6 Å². The Morgan fingerprint density at radius 3 is 2.55 bits per heavy atom. The van der Waals surface area contributed by atoms with Crippen LogP contribution in [-0.4, -0.2) is 10.9 Å². The molecule has 2 aromatic carbocycles. The first-order valence-corrected chi connectivity index (χ1v) is 10.3. The van der Waals surface area contributed by atoms with Crippen LogP contribution < -0.4 is 10.6 Å². The predicted octanol–water partition coefficient (Wildman–Crippen LogP) is 6.43. The molecule has 7 heteroatoms. The van der Waals surface area contributed by atoms with Gasteiger partial charge in [-0.1, -0.05) is 37.6 Å². The lowest BCUT2D eigenvalue weighted by Crippen LogP contribution is -2.25.